The van der Waals surface area contributed by atoms with Gasteiger partial charge in [-0.1, -0.05) is 30.3 Å². The summed E-state index contributed by atoms with van der Waals surface area (Å²) in [6.07, 6.45) is 5.52. The molecule has 28 heavy (non-hydrogen) atoms. The lowest BCUT2D eigenvalue weighted by Crippen LogP contribution is -2.59. The number of aryl methyl sites for hydroxylation is 1. The fourth-order valence-electron chi connectivity index (χ4n) is 4.49. The number of likely N-dealkylation sites (tertiary alicyclic amines) is 2. The number of nitrogens with zero attached hydrogens (tertiary/aromatic N) is 2. The molecule has 1 aromatic carbocycles. The minimum absolute atomic E-state index is 0.0843. The molecule has 1 aromatic rings. The zero-order chi connectivity index (χ0) is 20.0. The molecule has 2 aliphatic rings. The van der Waals surface area contributed by atoms with Crippen molar-refractivity contribution in [2.45, 2.75) is 70.1 Å². The first kappa shape index (κ1) is 21.3. The van der Waals surface area contributed by atoms with Crippen LogP contribution in [0.3, 0.4) is 0 Å². The zero-order valence-electron chi connectivity index (χ0n) is 17.6. The minimum atomic E-state index is -1.24. The van der Waals surface area contributed by atoms with Crippen molar-refractivity contribution in [1.29, 1.82) is 0 Å². The van der Waals surface area contributed by atoms with E-state index in [0.717, 1.165) is 58.3 Å². The van der Waals surface area contributed by atoms with Crippen molar-refractivity contribution in [3.05, 3.63) is 35.9 Å². The van der Waals surface area contributed by atoms with Gasteiger partial charge in [-0.3, -0.25) is 4.79 Å². The molecule has 156 valence electrons. The second kappa shape index (κ2) is 9.86. The van der Waals surface area contributed by atoms with E-state index in [0.29, 0.717) is 25.0 Å². The zero-order valence-corrected chi connectivity index (χ0v) is 17.6. The summed E-state index contributed by atoms with van der Waals surface area (Å²) in [4.78, 5) is 17.3. The number of piperidine rings is 2. The van der Waals surface area contributed by atoms with Crippen LogP contribution in [0.5, 0.6) is 0 Å². The van der Waals surface area contributed by atoms with Gasteiger partial charge in [0.15, 0.2) is 5.60 Å². The second-order valence-corrected chi connectivity index (χ2v) is 8.80. The van der Waals surface area contributed by atoms with Crippen molar-refractivity contribution in [2.75, 3.05) is 32.7 Å². The van der Waals surface area contributed by atoms with Crippen LogP contribution in [0, 0.1) is 0 Å². The third-order valence-electron chi connectivity index (χ3n) is 6.38. The molecule has 2 aliphatic heterocycles. The molecule has 1 amide bonds. The van der Waals surface area contributed by atoms with Crippen LogP contribution < -0.4 is 5.32 Å². The van der Waals surface area contributed by atoms with Gasteiger partial charge in [0.1, 0.15) is 0 Å². The molecule has 5 heteroatoms. The number of aliphatic hydroxyl groups is 1. The molecule has 0 saturated carbocycles. The molecule has 5 nitrogen and oxygen atoms in total. The van der Waals surface area contributed by atoms with Gasteiger partial charge >= 0.3 is 0 Å². The average molecular weight is 388 g/mol. The highest BCUT2D eigenvalue weighted by Crippen LogP contribution is 2.23. The summed E-state index contributed by atoms with van der Waals surface area (Å²) in [5, 5.41) is 14.5. The standard InChI is InChI=1S/C23H37N3O2/c1-19(2)25-16-11-21(12-17-25)24-18-23(28)13-7-15-26(22(23)27)14-6-10-20-8-4-3-5-9-20/h3-5,8-9,19,21,24,28H,6-7,10-18H2,1-2H3/t23-/m1/s1. The van der Waals surface area contributed by atoms with Crippen molar-refractivity contribution < 1.29 is 9.90 Å². The van der Waals surface area contributed by atoms with Crippen LogP contribution in [0.1, 0.15) is 51.5 Å². The number of benzene rings is 1. The quantitative estimate of drug-likeness (QED) is 0.719. The largest absolute Gasteiger partial charge is 0.379 e. The van der Waals surface area contributed by atoms with Gasteiger partial charge in [-0.2, -0.15) is 0 Å². The van der Waals surface area contributed by atoms with Gasteiger partial charge in [0.05, 0.1) is 0 Å². The summed E-state index contributed by atoms with van der Waals surface area (Å²) in [5.41, 5.74) is 0.0665. The van der Waals surface area contributed by atoms with Crippen molar-refractivity contribution in [2.24, 2.45) is 0 Å². The van der Waals surface area contributed by atoms with E-state index in [4.69, 9.17) is 0 Å². The van der Waals surface area contributed by atoms with Crippen molar-refractivity contribution in [1.82, 2.24) is 15.1 Å². The molecule has 0 radical (unpaired) electrons. The molecule has 0 aliphatic carbocycles. The number of hydrogen-bond acceptors (Lipinski definition) is 4. The summed E-state index contributed by atoms with van der Waals surface area (Å²) in [6.45, 7) is 8.53. The Balaban J connectivity index is 1.44. The predicted molar refractivity (Wildman–Crippen MR) is 113 cm³/mol. The lowest BCUT2D eigenvalue weighted by atomic mass is 9.90. The molecule has 0 bridgehead atoms. The van der Waals surface area contributed by atoms with Gasteiger partial charge in [-0.15, -0.1) is 0 Å². The summed E-state index contributed by atoms with van der Waals surface area (Å²) < 4.78 is 0. The van der Waals surface area contributed by atoms with Gasteiger partial charge in [-0.25, -0.2) is 0 Å². The molecule has 0 aromatic heterocycles. The van der Waals surface area contributed by atoms with E-state index < -0.39 is 5.60 Å². The molecule has 0 spiro atoms. The molecule has 3 rings (SSSR count). The Morgan fingerprint density at radius 3 is 2.57 bits per heavy atom. The van der Waals surface area contributed by atoms with Crippen LogP contribution in [-0.4, -0.2) is 71.2 Å². The van der Waals surface area contributed by atoms with E-state index in [9.17, 15) is 9.90 Å². The van der Waals surface area contributed by atoms with Crippen LogP contribution in [0.25, 0.3) is 0 Å². The van der Waals surface area contributed by atoms with Crippen LogP contribution >= 0.6 is 0 Å². The summed E-state index contributed by atoms with van der Waals surface area (Å²) in [6, 6.07) is 11.4. The first-order chi connectivity index (χ1) is 13.5. The molecular weight excluding hydrogens is 350 g/mol. The fraction of sp³-hybridized carbons (Fsp3) is 0.696. The Hall–Kier alpha value is -1.43. The van der Waals surface area contributed by atoms with E-state index in [1.807, 2.05) is 11.0 Å². The van der Waals surface area contributed by atoms with E-state index in [1.54, 1.807) is 0 Å². The van der Waals surface area contributed by atoms with E-state index in [1.165, 1.54) is 5.56 Å². The van der Waals surface area contributed by atoms with E-state index in [-0.39, 0.29) is 5.91 Å². The molecular formula is C23H37N3O2. The number of amides is 1. The first-order valence-corrected chi connectivity index (χ1v) is 11.0. The highest BCUT2D eigenvalue weighted by atomic mass is 16.3. The predicted octanol–water partition coefficient (Wildman–Crippen LogP) is 2.44. The third-order valence-corrected chi connectivity index (χ3v) is 6.38. The van der Waals surface area contributed by atoms with E-state index >= 15 is 0 Å². The maximum atomic E-state index is 12.9. The minimum Gasteiger partial charge on any atom is -0.379 e. The van der Waals surface area contributed by atoms with Crippen molar-refractivity contribution >= 4 is 5.91 Å². The lowest BCUT2D eigenvalue weighted by Gasteiger charge is -2.40. The van der Waals surface area contributed by atoms with Crippen LogP contribution in [0.15, 0.2) is 30.3 Å². The Bertz CT molecular complexity index is 614. The third kappa shape index (κ3) is 5.56. The molecule has 2 fully saturated rings. The number of carbonyl (C=O) groups is 1. The van der Waals surface area contributed by atoms with Crippen molar-refractivity contribution in [3.8, 4) is 0 Å². The van der Waals surface area contributed by atoms with Crippen LogP contribution in [-0.2, 0) is 11.2 Å². The lowest BCUT2D eigenvalue weighted by molar-refractivity contribution is -0.156. The number of carbonyl (C=O) groups excluding carboxylic acids is 1. The number of hydrogen-bond donors (Lipinski definition) is 2. The SMILES string of the molecule is CC(C)N1CCC(NC[C@]2(O)CCCN(CCCc3ccccc3)C2=O)CC1. The van der Waals surface area contributed by atoms with Crippen molar-refractivity contribution in [3.63, 3.8) is 0 Å². The maximum absolute atomic E-state index is 12.9. The van der Waals surface area contributed by atoms with Crippen LogP contribution in [0.4, 0.5) is 0 Å². The highest BCUT2D eigenvalue weighted by Gasteiger charge is 2.42. The first-order valence-electron chi connectivity index (χ1n) is 11.0. The Morgan fingerprint density at radius 1 is 1.18 bits per heavy atom. The number of nitrogens with one attached hydrogen (secondary N) is 1. The normalized spacial score (nSPS) is 24.9. The van der Waals surface area contributed by atoms with Gasteiger partial charge in [-0.05, 0) is 71.0 Å². The molecule has 2 N–H and O–H groups in total. The van der Waals surface area contributed by atoms with Gasteiger partial charge < -0.3 is 20.2 Å². The molecule has 2 heterocycles. The van der Waals surface area contributed by atoms with Gasteiger partial charge in [0.2, 0.25) is 0 Å². The van der Waals surface area contributed by atoms with Gasteiger partial charge in [0, 0.05) is 31.7 Å². The fourth-order valence-corrected chi connectivity index (χ4v) is 4.49. The summed E-state index contributed by atoms with van der Waals surface area (Å²) >= 11 is 0. The molecule has 0 unspecified atom stereocenters. The Labute approximate surface area is 170 Å². The van der Waals surface area contributed by atoms with E-state index in [2.05, 4.69) is 48.3 Å². The summed E-state index contributed by atoms with van der Waals surface area (Å²) in [5.74, 6) is -0.0843. The summed E-state index contributed by atoms with van der Waals surface area (Å²) in [7, 11) is 0. The molecule has 2 saturated heterocycles. The molecule has 1 atom stereocenters. The highest BCUT2D eigenvalue weighted by molar-refractivity contribution is 5.86. The average Bonchev–Trinajstić information content (AvgIpc) is 2.71. The second-order valence-electron chi connectivity index (χ2n) is 8.80. The smallest absolute Gasteiger partial charge is 0.255 e. The van der Waals surface area contributed by atoms with Crippen LogP contribution in [0.2, 0.25) is 0 Å². The number of rotatable bonds is 8. The maximum Gasteiger partial charge on any atom is 0.255 e. The van der Waals surface area contributed by atoms with Gasteiger partial charge in [0.25, 0.3) is 5.91 Å². The Morgan fingerprint density at radius 2 is 1.89 bits per heavy atom. The monoisotopic (exact) mass is 387 g/mol. The Kier molecular flexibility index (Phi) is 7.49. The topological polar surface area (TPSA) is 55.8 Å².